The molecular formula is C25H28F6O. The molecule has 0 spiro atoms. The van der Waals surface area contributed by atoms with E-state index in [1.165, 1.54) is 37.8 Å². The van der Waals surface area contributed by atoms with Gasteiger partial charge < -0.3 is 4.74 Å². The largest absolute Gasteiger partial charge is 0.573 e. The van der Waals surface area contributed by atoms with Gasteiger partial charge in [-0.15, -0.1) is 13.2 Å². The smallest absolute Gasteiger partial charge is 0.403 e. The Morgan fingerprint density at radius 1 is 0.844 bits per heavy atom. The fraction of sp³-hybridized carbons (Fsp3) is 0.520. The van der Waals surface area contributed by atoms with Gasteiger partial charge in [0.15, 0.2) is 11.6 Å². The minimum Gasteiger partial charge on any atom is -0.403 e. The lowest BCUT2D eigenvalue weighted by Crippen LogP contribution is -2.18. The van der Waals surface area contributed by atoms with Crippen molar-refractivity contribution in [2.24, 2.45) is 11.8 Å². The molecule has 0 bridgehead atoms. The molecule has 0 N–H and O–H groups in total. The summed E-state index contributed by atoms with van der Waals surface area (Å²) >= 11 is 0. The highest BCUT2D eigenvalue weighted by atomic mass is 19.4. The predicted molar refractivity (Wildman–Crippen MR) is 112 cm³/mol. The summed E-state index contributed by atoms with van der Waals surface area (Å²) in [6, 6.07) is 4.84. The van der Waals surface area contributed by atoms with E-state index >= 15 is 0 Å². The Kier molecular flexibility index (Phi) is 8.12. The van der Waals surface area contributed by atoms with Crippen molar-refractivity contribution >= 4 is 0 Å². The van der Waals surface area contributed by atoms with Gasteiger partial charge in [-0.1, -0.05) is 51.5 Å². The van der Waals surface area contributed by atoms with E-state index in [1.807, 2.05) is 0 Å². The number of ether oxygens (including phenoxy) is 1. The van der Waals surface area contributed by atoms with Crippen LogP contribution in [0.3, 0.4) is 0 Å². The molecule has 0 atom stereocenters. The average molecular weight is 458 g/mol. The quantitative estimate of drug-likeness (QED) is 0.284. The molecule has 0 heterocycles. The standard InChI is InChI=1S/C25H28F6O/c1-2-3-4-5-16-6-8-17(9-7-16)12-18-13-21(27)24(22(28)14-18)19-10-11-23(20(26)15-19)32-25(29,30)31/h10-11,13-17H,2-9,12H2,1H3. The number of unbranched alkanes of at least 4 members (excludes halogenated alkanes) is 2. The molecule has 2 aromatic rings. The summed E-state index contributed by atoms with van der Waals surface area (Å²) in [5, 5.41) is 0. The molecule has 176 valence electrons. The van der Waals surface area contributed by atoms with E-state index in [9.17, 15) is 26.3 Å². The fourth-order valence-electron chi connectivity index (χ4n) is 4.62. The second-order valence-electron chi connectivity index (χ2n) is 8.71. The SMILES string of the molecule is CCCCCC1CCC(Cc2cc(F)c(-c3ccc(OC(F)(F)F)c(F)c3)c(F)c2)CC1. The van der Waals surface area contributed by atoms with E-state index in [4.69, 9.17) is 0 Å². The first kappa shape index (κ1) is 24.5. The van der Waals surface area contributed by atoms with Gasteiger partial charge in [-0.25, -0.2) is 13.2 Å². The van der Waals surface area contributed by atoms with Crippen LogP contribution in [0.2, 0.25) is 0 Å². The van der Waals surface area contributed by atoms with Gasteiger partial charge in [-0.2, -0.15) is 0 Å². The molecule has 0 aromatic heterocycles. The van der Waals surface area contributed by atoms with Crippen LogP contribution in [0.15, 0.2) is 30.3 Å². The Hall–Kier alpha value is -2.18. The molecule has 0 aliphatic heterocycles. The lowest BCUT2D eigenvalue weighted by molar-refractivity contribution is -0.275. The van der Waals surface area contributed by atoms with Gasteiger partial charge in [0.05, 0.1) is 5.56 Å². The molecule has 3 rings (SSSR count). The molecule has 0 unspecified atom stereocenters. The Bertz CT molecular complexity index is 877. The van der Waals surface area contributed by atoms with Gasteiger partial charge in [-0.3, -0.25) is 0 Å². The molecule has 0 amide bonds. The molecule has 0 radical (unpaired) electrons. The van der Waals surface area contributed by atoms with E-state index in [-0.39, 0.29) is 5.56 Å². The molecular weight excluding hydrogens is 430 g/mol. The highest BCUT2D eigenvalue weighted by molar-refractivity contribution is 5.66. The van der Waals surface area contributed by atoms with Crippen molar-refractivity contribution < 1.29 is 31.1 Å². The van der Waals surface area contributed by atoms with Crippen molar-refractivity contribution in [3.8, 4) is 16.9 Å². The Morgan fingerprint density at radius 3 is 2.03 bits per heavy atom. The average Bonchev–Trinajstić information content (AvgIpc) is 2.70. The van der Waals surface area contributed by atoms with Crippen molar-refractivity contribution in [3.05, 3.63) is 53.3 Å². The monoisotopic (exact) mass is 458 g/mol. The van der Waals surface area contributed by atoms with Crippen molar-refractivity contribution in [1.82, 2.24) is 0 Å². The van der Waals surface area contributed by atoms with Crippen LogP contribution in [-0.2, 0) is 6.42 Å². The second kappa shape index (κ2) is 10.6. The van der Waals surface area contributed by atoms with Gasteiger partial charge in [0.25, 0.3) is 0 Å². The highest BCUT2D eigenvalue weighted by Gasteiger charge is 2.32. The van der Waals surface area contributed by atoms with Crippen molar-refractivity contribution in [1.29, 1.82) is 0 Å². The Morgan fingerprint density at radius 2 is 1.47 bits per heavy atom. The van der Waals surface area contributed by atoms with Crippen LogP contribution < -0.4 is 4.74 Å². The fourth-order valence-corrected chi connectivity index (χ4v) is 4.62. The summed E-state index contributed by atoms with van der Waals surface area (Å²) < 4.78 is 83.8. The van der Waals surface area contributed by atoms with E-state index in [0.29, 0.717) is 30.0 Å². The maximum Gasteiger partial charge on any atom is 0.573 e. The van der Waals surface area contributed by atoms with Gasteiger partial charge in [-0.05, 0) is 66.5 Å². The van der Waals surface area contributed by atoms with Crippen molar-refractivity contribution in [3.63, 3.8) is 0 Å². The predicted octanol–water partition coefficient (Wildman–Crippen LogP) is 8.60. The third-order valence-electron chi connectivity index (χ3n) is 6.25. The third-order valence-corrected chi connectivity index (χ3v) is 6.25. The molecule has 32 heavy (non-hydrogen) atoms. The number of hydrogen-bond acceptors (Lipinski definition) is 1. The topological polar surface area (TPSA) is 9.23 Å². The minimum atomic E-state index is -5.06. The van der Waals surface area contributed by atoms with Crippen molar-refractivity contribution in [2.75, 3.05) is 0 Å². The molecule has 1 aliphatic carbocycles. The molecule has 1 fully saturated rings. The molecule has 1 nitrogen and oxygen atoms in total. The molecule has 7 heteroatoms. The lowest BCUT2D eigenvalue weighted by Gasteiger charge is -2.28. The maximum absolute atomic E-state index is 14.7. The van der Waals surface area contributed by atoms with Gasteiger partial charge >= 0.3 is 6.36 Å². The Labute approximate surface area is 184 Å². The molecule has 2 aromatic carbocycles. The number of hydrogen-bond donors (Lipinski definition) is 0. The highest BCUT2D eigenvalue weighted by Crippen LogP contribution is 2.36. The summed E-state index contributed by atoms with van der Waals surface area (Å²) in [4.78, 5) is 0. The zero-order chi connectivity index (χ0) is 23.3. The van der Waals surface area contributed by atoms with E-state index in [0.717, 1.165) is 37.7 Å². The summed E-state index contributed by atoms with van der Waals surface area (Å²) in [6.45, 7) is 2.19. The third kappa shape index (κ3) is 6.66. The van der Waals surface area contributed by atoms with Gasteiger partial charge in [0.1, 0.15) is 11.6 Å². The van der Waals surface area contributed by atoms with Crippen LogP contribution in [0.5, 0.6) is 5.75 Å². The van der Waals surface area contributed by atoms with Gasteiger partial charge in [0, 0.05) is 0 Å². The van der Waals surface area contributed by atoms with E-state index < -0.39 is 35.1 Å². The molecule has 1 aliphatic rings. The van der Waals surface area contributed by atoms with Crippen LogP contribution in [0, 0.1) is 29.3 Å². The first-order chi connectivity index (χ1) is 15.2. The van der Waals surface area contributed by atoms with Crippen LogP contribution in [-0.4, -0.2) is 6.36 Å². The normalized spacial score (nSPS) is 19.2. The maximum atomic E-state index is 14.7. The first-order valence-corrected chi connectivity index (χ1v) is 11.2. The zero-order valence-electron chi connectivity index (χ0n) is 18.1. The zero-order valence-corrected chi connectivity index (χ0v) is 18.1. The van der Waals surface area contributed by atoms with Crippen molar-refractivity contribution in [2.45, 2.75) is 71.1 Å². The summed E-state index contributed by atoms with van der Waals surface area (Å²) in [5.74, 6) is -3.01. The summed E-state index contributed by atoms with van der Waals surface area (Å²) in [5.41, 5.74) is -0.118. The van der Waals surface area contributed by atoms with E-state index in [2.05, 4.69) is 11.7 Å². The van der Waals surface area contributed by atoms with Gasteiger partial charge in [0.2, 0.25) is 0 Å². The van der Waals surface area contributed by atoms with Crippen LogP contribution in [0.1, 0.15) is 63.9 Å². The number of rotatable bonds is 8. The van der Waals surface area contributed by atoms with Crippen LogP contribution >= 0.6 is 0 Å². The summed E-state index contributed by atoms with van der Waals surface area (Å²) in [6.07, 6.45) is 4.84. The second-order valence-corrected chi connectivity index (χ2v) is 8.71. The first-order valence-electron chi connectivity index (χ1n) is 11.2. The van der Waals surface area contributed by atoms with Crippen LogP contribution in [0.4, 0.5) is 26.3 Å². The number of benzene rings is 2. The van der Waals surface area contributed by atoms with E-state index in [1.54, 1.807) is 0 Å². The minimum absolute atomic E-state index is 0.189. The Balaban J connectivity index is 1.66. The van der Waals surface area contributed by atoms with Crippen LogP contribution in [0.25, 0.3) is 11.1 Å². The lowest BCUT2D eigenvalue weighted by atomic mass is 9.77. The summed E-state index contributed by atoms with van der Waals surface area (Å²) in [7, 11) is 0. The molecule has 1 saturated carbocycles. The molecule has 0 saturated heterocycles. The number of alkyl halides is 3. The number of halogens is 6.